The fraction of sp³-hybridized carbons (Fsp3) is 0.100. The van der Waals surface area contributed by atoms with Gasteiger partial charge < -0.3 is 0 Å². The van der Waals surface area contributed by atoms with Gasteiger partial charge in [-0.3, -0.25) is 4.79 Å². The van der Waals surface area contributed by atoms with Crippen molar-refractivity contribution in [2.45, 2.75) is 5.92 Å². The monoisotopic (exact) mass is 170 g/mol. The lowest BCUT2D eigenvalue weighted by Crippen LogP contribution is -1.92. The molecule has 0 bridgehead atoms. The first-order valence-corrected chi connectivity index (χ1v) is 3.66. The summed E-state index contributed by atoms with van der Waals surface area (Å²) in [4.78, 5) is 10.4. The highest BCUT2D eigenvalue weighted by molar-refractivity contribution is 5.75. The van der Waals surface area contributed by atoms with Crippen molar-refractivity contribution >= 4 is 6.29 Å². The molecule has 13 heavy (non-hydrogen) atoms. The fourth-order valence-corrected chi connectivity index (χ4v) is 0.990. The number of carbonyl (C=O) groups is 1. The second kappa shape index (κ2) is 4.04. The van der Waals surface area contributed by atoms with Gasteiger partial charge in [0.25, 0.3) is 0 Å². The molecule has 0 heterocycles. The van der Waals surface area contributed by atoms with E-state index < -0.39 is 5.92 Å². The van der Waals surface area contributed by atoms with Crippen LogP contribution < -0.4 is 0 Å². The van der Waals surface area contributed by atoms with E-state index in [1.54, 1.807) is 24.3 Å². The van der Waals surface area contributed by atoms with E-state index in [4.69, 9.17) is 10.5 Å². The Morgan fingerprint density at radius 2 is 2.00 bits per heavy atom. The molecule has 62 valence electrons. The lowest BCUT2D eigenvalue weighted by atomic mass is 10.0. The minimum Gasteiger partial charge on any atom is -0.298 e. The zero-order chi connectivity index (χ0) is 9.68. The van der Waals surface area contributed by atoms with Crippen molar-refractivity contribution in [1.29, 1.82) is 10.5 Å². The molecule has 0 aromatic heterocycles. The molecule has 1 aromatic rings. The van der Waals surface area contributed by atoms with Gasteiger partial charge in [0.05, 0.1) is 12.1 Å². The van der Waals surface area contributed by atoms with E-state index in [-0.39, 0.29) is 0 Å². The zero-order valence-corrected chi connectivity index (χ0v) is 6.77. The molecule has 0 aliphatic heterocycles. The number of rotatable bonds is 2. The molecular formula is C10H6N2O. The van der Waals surface area contributed by atoms with Crippen LogP contribution >= 0.6 is 0 Å². The summed E-state index contributed by atoms with van der Waals surface area (Å²) in [7, 11) is 0. The Bertz CT molecular complexity index is 384. The molecule has 1 rings (SSSR count). The zero-order valence-electron chi connectivity index (χ0n) is 6.77. The normalized spacial score (nSPS) is 8.85. The van der Waals surface area contributed by atoms with Gasteiger partial charge in [-0.05, 0) is 11.6 Å². The number of aldehydes is 1. The second-order valence-corrected chi connectivity index (χ2v) is 2.48. The molecule has 3 nitrogen and oxygen atoms in total. The second-order valence-electron chi connectivity index (χ2n) is 2.48. The lowest BCUT2D eigenvalue weighted by Gasteiger charge is -1.99. The molecule has 0 spiro atoms. The van der Waals surface area contributed by atoms with Gasteiger partial charge in [0.15, 0.2) is 5.92 Å². The van der Waals surface area contributed by atoms with E-state index >= 15 is 0 Å². The third-order valence-corrected chi connectivity index (χ3v) is 1.64. The summed E-state index contributed by atoms with van der Waals surface area (Å²) < 4.78 is 0. The highest BCUT2D eigenvalue weighted by atomic mass is 16.1. The van der Waals surface area contributed by atoms with Gasteiger partial charge in [-0.1, -0.05) is 18.2 Å². The Kier molecular flexibility index (Phi) is 2.78. The van der Waals surface area contributed by atoms with Crippen molar-refractivity contribution < 1.29 is 4.79 Å². The molecule has 0 atom stereocenters. The first kappa shape index (κ1) is 8.96. The lowest BCUT2D eigenvalue weighted by molar-refractivity contribution is 0.112. The quantitative estimate of drug-likeness (QED) is 0.633. The van der Waals surface area contributed by atoms with Crippen LogP contribution in [0.5, 0.6) is 0 Å². The summed E-state index contributed by atoms with van der Waals surface area (Å²) in [6.45, 7) is 0. The molecule has 0 amide bonds. The molecule has 0 saturated carbocycles. The third kappa shape index (κ3) is 1.91. The van der Waals surface area contributed by atoms with Gasteiger partial charge >= 0.3 is 0 Å². The van der Waals surface area contributed by atoms with Crippen LogP contribution in [0.4, 0.5) is 0 Å². The van der Waals surface area contributed by atoms with Gasteiger partial charge in [0.2, 0.25) is 0 Å². The van der Waals surface area contributed by atoms with E-state index in [1.807, 2.05) is 12.1 Å². The number of hydrogen-bond donors (Lipinski definition) is 0. The van der Waals surface area contributed by atoms with Crippen LogP contribution in [-0.4, -0.2) is 6.29 Å². The van der Waals surface area contributed by atoms with Crippen LogP contribution in [0.1, 0.15) is 21.8 Å². The number of carbonyl (C=O) groups excluding carboxylic acids is 1. The predicted octanol–water partition coefficient (Wildman–Crippen LogP) is 1.63. The van der Waals surface area contributed by atoms with Crippen LogP contribution in [0.25, 0.3) is 0 Å². The van der Waals surface area contributed by atoms with Gasteiger partial charge in [-0.2, -0.15) is 10.5 Å². The van der Waals surface area contributed by atoms with Gasteiger partial charge in [-0.15, -0.1) is 0 Å². The Hall–Kier alpha value is -2.13. The molecule has 0 fully saturated rings. The molecule has 1 aromatic carbocycles. The van der Waals surface area contributed by atoms with E-state index in [2.05, 4.69) is 0 Å². The largest absolute Gasteiger partial charge is 0.298 e. The van der Waals surface area contributed by atoms with Crippen molar-refractivity contribution in [3.8, 4) is 12.1 Å². The Morgan fingerprint density at radius 3 is 2.54 bits per heavy atom. The Labute approximate surface area is 75.8 Å². The summed E-state index contributed by atoms with van der Waals surface area (Å²) >= 11 is 0. The van der Waals surface area contributed by atoms with Crippen LogP contribution in [0.2, 0.25) is 0 Å². The van der Waals surface area contributed by atoms with Crippen molar-refractivity contribution in [3.63, 3.8) is 0 Å². The molecule has 0 aliphatic carbocycles. The summed E-state index contributed by atoms with van der Waals surface area (Å²) in [6.07, 6.45) is 0.690. The number of hydrogen-bond acceptors (Lipinski definition) is 3. The van der Waals surface area contributed by atoms with E-state index in [0.717, 1.165) is 0 Å². The molecule has 0 unspecified atom stereocenters. The predicted molar refractivity (Wildman–Crippen MR) is 45.8 cm³/mol. The van der Waals surface area contributed by atoms with Crippen molar-refractivity contribution in [2.24, 2.45) is 0 Å². The number of nitrogens with zero attached hydrogens (tertiary/aromatic N) is 2. The van der Waals surface area contributed by atoms with Crippen LogP contribution in [0, 0.1) is 22.7 Å². The van der Waals surface area contributed by atoms with Crippen LogP contribution in [0.3, 0.4) is 0 Å². The molecular weight excluding hydrogens is 164 g/mol. The highest BCUT2D eigenvalue weighted by Crippen LogP contribution is 2.14. The maximum absolute atomic E-state index is 10.4. The molecule has 0 N–H and O–H groups in total. The van der Waals surface area contributed by atoms with Crippen LogP contribution in [-0.2, 0) is 0 Å². The Balaban J connectivity index is 3.10. The fourth-order valence-electron chi connectivity index (χ4n) is 0.990. The van der Waals surface area contributed by atoms with Crippen molar-refractivity contribution in [3.05, 3.63) is 35.4 Å². The molecule has 3 heteroatoms. The number of benzene rings is 1. The maximum atomic E-state index is 10.4. The average Bonchev–Trinajstić information content (AvgIpc) is 2.20. The Morgan fingerprint density at radius 1 is 1.31 bits per heavy atom. The van der Waals surface area contributed by atoms with Crippen molar-refractivity contribution in [1.82, 2.24) is 0 Å². The summed E-state index contributed by atoms with van der Waals surface area (Å²) in [5.41, 5.74) is 1.04. The smallest absolute Gasteiger partial charge is 0.158 e. The van der Waals surface area contributed by atoms with Gasteiger partial charge in [0.1, 0.15) is 6.29 Å². The maximum Gasteiger partial charge on any atom is 0.158 e. The van der Waals surface area contributed by atoms with E-state index in [0.29, 0.717) is 17.4 Å². The van der Waals surface area contributed by atoms with E-state index in [1.165, 1.54) is 0 Å². The minimum atomic E-state index is -0.792. The van der Waals surface area contributed by atoms with Gasteiger partial charge in [0, 0.05) is 5.56 Å². The minimum absolute atomic E-state index is 0.480. The first-order valence-electron chi connectivity index (χ1n) is 3.66. The first-order chi connectivity index (χ1) is 6.31. The summed E-state index contributed by atoms with van der Waals surface area (Å²) in [6, 6.07) is 10.2. The van der Waals surface area contributed by atoms with E-state index in [9.17, 15) is 4.79 Å². The molecule has 0 radical (unpaired) electrons. The topological polar surface area (TPSA) is 64.7 Å². The van der Waals surface area contributed by atoms with Crippen molar-refractivity contribution in [2.75, 3.05) is 0 Å². The third-order valence-electron chi connectivity index (χ3n) is 1.64. The summed E-state index contributed by atoms with van der Waals surface area (Å²) in [5.74, 6) is -0.792. The molecule has 0 aliphatic rings. The van der Waals surface area contributed by atoms with Gasteiger partial charge in [-0.25, -0.2) is 0 Å². The SMILES string of the molecule is N#CC(C#N)c1cccc(C=O)c1. The highest BCUT2D eigenvalue weighted by Gasteiger charge is 2.08. The molecule has 0 saturated heterocycles. The summed E-state index contributed by atoms with van der Waals surface area (Å²) in [5, 5.41) is 17.2. The van der Waals surface area contributed by atoms with Crippen LogP contribution in [0.15, 0.2) is 24.3 Å². The number of nitriles is 2. The standard InChI is InChI=1S/C10H6N2O/c11-5-10(6-12)9-3-1-2-8(4-9)7-13/h1-4,7,10H. The average molecular weight is 170 g/mol.